The Bertz CT molecular complexity index is 605. The van der Waals surface area contributed by atoms with Crippen molar-refractivity contribution < 1.29 is 24.2 Å². The third kappa shape index (κ3) is 3.72. The number of amides is 3. The van der Waals surface area contributed by atoms with E-state index >= 15 is 0 Å². The second-order valence-electron chi connectivity index (χ2n) is 5.18. The van der Waals surface area contributed by atoms with E-state index in [-0.39, 0.29) is 13.1 Å². The van der Waals surface area contributed by atoms with Crippen LogP contribution in [0.2, 0.25) is 0 Å². The zero-order chi connectivity index (χ0) is 17.0. The van der Waals surface area contributed by atoms with Crippen LogP contribution in [0.3, 0.4) is 0 Å². The van der Waals surface area contributed by atoms with Gasteiger partial charge in [-0.3, -0.25) is 15.0 Å². The van der Waals surface area contributed by atoms with Crippen molar-refractivity contribution in [2.24, 2.45) is 0 Å². The summed E-state index contributed by atoms with van der Waals surface area (Å²) in [5.41, 5.74) is 1.45. The molecule has 0 saturated heterocycles. The fourth-order valence-corrected chi connectivity index (χ4v) is 2.70. The highest BCUT2D eigenvalue weighted by atomic mass is 16.5. The number of rotatable bonds is 4. The lowest BCUT2D eigenvalue weighted by Gasteiger charge is -2.33. The molecule has 1 aliphatic heterocycles. The van der Waals surface area contributed by atoms with Gasteiger partial charge >= 0.3 is 6.03 Å². The number of imide groups is 1. The van der Waals surface area contributed by atoms with Crippen LogP contribution in [-0.2, 0) is 11.3 Å². The zero-order valence-corrected chi connectivity index (χ0v) is 13.4. The average molecular weight is 323 g/mol. The van der Waals surface area contributed by atoms with Gasteiger partial charge in [-0.25, -0.2) is 4.79 Å². The summed E-state index contributed by atoms with van der Waals surface area (Å²) in [7, 11) is 4.52. The summed E-state index contributed by atoms with van der Waals surface area (Å²) in [6.45, 7) is 0.663. The van der Waals surface area contributed by atoms with E-state index in [2.05, 4.69) is 10.6 Å². The van der Waals surface area contributed by atoms with Gasteiger partial charge in [-0.15, -0.1) is 0 Å². The molecule has 0 radical (unpaired) electrons. The van der Waals surface area contributed by atoms with Crippen LogP contribution in [0.15, 0.2) is 12.1 Å². The molecule has 0 aliphatic carbocycles. The van der Waals surface area contributed by atoms with Crippen LogP contribution in [0.25, 0.3) is 0 Å². The topological polar surface area (TPSA) is 100 Å². The molecular weight excluding hydrogens is 302 g/mol. The van der Waals surface area contributed by atoms with Crippen LogP contribution >= 0.6 is 0 Å². The smallest absolute Gasteiger partial charge is 0.321 e. The molecule has 1 aromatic rings. The molecule has 0 bridgehead atoms. The van der Waals surface area contributed by atoms with E-state index in [1.807, 2.05) is 0 Å². The fraction of sp³-hybridized carbons (Fsp3) is 0.467. The molecule has 2 rings (SSSR count). The Morgan fingerprint density at radius 3 is 2.57 bits per heavy atom. The van der Waals surface area contributed by atoms with E-state index < -0.39 is 18.0 Å². The number of fused-ring (bicyclic) bond motifs is 1. The first kappa shape index (κ1) is 17.0. The minimum absolute atomic E-state index is 0.00964. The van der Waals surface area contributed by atoms with Gasteiger partial charge in [0, 0.05) is 31.3 Å². The summed E-state index contributed by atoms with van der Waals surface area (Å²) in [5, 5.41) is 14.9. The standard InChI is InChI=1S/C15H21N3O5/c1-16-15(21)17-13(20)8-18-6-9-11(22-2)4-5-12(23-3)14(9)10(19)7-18/h4-5,10,19H,6-8H2,1-3H3,(H2,16,17,20,21). The van der Waals surface area contributed by atoms with Crippen molar-refractivity contribution in [3.05, 3.63) is 23.3 Å². The van der Waals surface area contributed by atoms with Crippen molar-refractivity contribution in [3.63, 3.8) is 0 Å². The van der Waals surface area contributed by atoms with Gasteiger partial charge < -0.3 is 19.9 Å². The number of ether oxygens (including phenoxy) is 2. The van der Waals surface area contributed by atoms with Crippen LogP contribution in [0.5, 0.6) is 11.5 Å². The zero-order valence-electron chi connectivity index (χ0n) is 13.4. The van der Waals surface area contributed by atoms with Gasteiger partial charge in [0.25, 0.3) is 0 Å². The Morgan fingerprint density at radius 2 is 1.96 bits per heavy atom. The highest BCUT2D eigenvalue weighted by Gasteiger charge is 2.30. The predicted molar refractivity (Wildman–Crippen MR) is 82.4 cm³/mol. The van der Waals surface area contributed by atoms with Crippen LogP contribution in [0, 0.1) is 0 Å². The number of nitrogens with zero attached hydrogens (tertiary/aromatic N) is 1. The van der Waals surface area contributed by atoms with Gasteiger partial charge in [0.2, 0.25) is 5.91 Å². The SMILES string of the molecule is CNC(=O)NC(=O)CN1Cc2c(OC)ccc(OC)c2C(O)C1. The molecule has 0 spiro atoms. The summed E-state index contributed by atoms with van der Waals surface area (Å²) in [4.78, 5) is 24.7. The Kier molecular flexibility index (Phi) is 5.41. The van der Waals surface area contributed by atoms with Crippen molar-refractivity contribution in [2.75, 3.05) is 34.4 Å². The maximum atomic E-state index is 11.8. The van der Waals surface area contributed by atoms with E-state index in [0.29, 0.717) is 23.6 Å². The number of carbonyl (C=O) groups excluding carboxylic acids is 2. The van der Waals surface area contributed by atoms with Crippen molar-refractivity contribution >= 4 is 11.9 Å². The van der Waals surface area contributed by atoms with Crippen LogP contribution < -0.4 is 20.1 Å². The Labute approximate surface area is 134 Å². The quantitative estimate of drug-likeness (QED) is 0.722. The normalized spacial score (nSPS) is 17.1. The lowest BCUT2D eigenvalue weighted by molar-refractivity contribution is -0.121. The van der Waals surface area contributed by atoms with Gasteiger partial charge in [0.1, 0.15) is 11.5 Å². The van der Waals surface area contributed by atoms with E-state index in [0.717, 1.165) is 5.56 Å². The number of aliphatic hydroxyl groups excluding tert-OH is 1. The van der Waals surface area contributed by atoms with Crippen molar-refractivity contribution in [3.8, 4) is 11.5 Å². The van der Waals surface area contributed by atoms with Gasteiger partial charge in [0.15, 0.2) is 0 Å². The van der Waals surface area contributed by atoms with Crippen molar-refractivity contribution in [1.29, 1.82) is 0 Å². The lowest BCUT2D eigenvalue weighted by atomic mass is 9.95. The Morgan fingerprint density at radius 1 is 1.30 bits per heavy atom. The summed E-state index contributed by atoms with van der Waals surface area (Å²) >= 11 is 0. The van der Waals surface area contributed by atoms with Crippen LogP contribution in [0.1, 0.15) is 17.2 Å². The average Bonchev–Trinajstić information content (AvgIpc) is 2.53. The molecule has 1 heterocycles. The molecule has 1 unspecified atom stereocenters. The predicted octanol–water partition coefficient (Wildman–Crippen LogP) is 0.00840. The van der Waals surface area contributed by atoms with Gasteiger partial charge in [-0.05, 0) is 12.1 Å². The maximum Gasteiger partial charge on any atom is 0.321 e. The number of nitrogens with one attached hydrogen (secondary N) is 2. The molecule has 0 aromatic heterocycles. The molecule has 126 valence electrons. The second kappa shape index (κ2) is 7.30. The molecule has 3 N–H and O–H groups in total. The number of hydrogen-bond acceptors (Lipinski definition) is 6. The highest BCUT2D eigenvalue weighted by molar-refractivity contribution is 5.95. The van der Waals surface area contributed by atoms with E-state index in [9.17, 15) is 14.7 Å². The second-order valence-corrected chi connectivity index (χ2v) is 5.18. The molecule has 0 fully saturated rings. The molecule has 8 heteroatoms. The highest BCUT2D eigenvalue weighted by Crippen LogP contribution is 2.39. The van der Waals surface area contributed by atoms with Crippen molar-refractivity contribution in [1.82, 2.24) is 15.5 Å². The number of methoxy groups -OCH3 is 2. The van der Waals surface area contributed by atoms with Crippen molar-refractivity contribution in [2.45, 2.75) is 12.6 Å². The molecule has 8 nitrogen and oxygen atoms in total. The third-order valence-corrected chi connectivity index (χ3v) is 3.71. The third-order valence-electron chi connectivity index (χ3n) is 3.71. The lowest BCUT2D eigenvalue weighted by Crippen LogP contribution is -2.45. The first-order valence-corrected chi connectivity index (χ1v) is 7.15. The Balaban J connectivity index is 2.19. The molecular formula is C15H21N3O5. The molecule has 1 aliphatic rings. The number of carbonyl (C=O) groups is 2. The number of urea groups is 1. The van der Waals surface area contributed by atoms with Gasteiger partial charge in [-0.1, -0.05) is 0 Å². The summed E-state index contributed by atoms with van der Waals surface area (Å²) in [6.07, 6.45) is -0.809. The monoisotopic (exact) mass is 323 g/mol. The van der Waals surface area contributed by atoms with Gasteiger partial charge in [-0.2, -0.15) is 0 Å². The van der Waals surface area contributed by atoms with Gasteiger partial charge in [0.05, 0.1) is 26.9 Å². The number of benzene rings is 1. The summed E-state index contributed by atoms with van der Waals surface area (Å²) in [5.74, 6) is 0.765. The van der Waals surface area contributed by atoms with Crippen LogP contribution in [0.4, 0.5) is 4.79 Å². The first-order valence-electron chi connectivity index (χ1n) is 7.15. The minimum Gasteiger partial charge on any atom is -0.496 e. The summed E-state index contributed by atoms with van der Waals surface area (Å²) < 4.78 is 10.6. The molecule has 0 saturated carbocycles. The summed E-state index contributed by atoms with van der Waals surface area (Å²) in [6, 6.07) is 2.94. The van der Waals surface area contributed by atoms with E-state index in [4.69, 9.17) is 9.47 Å². The first-order chi connectivity index (χ1) is 11.0. The number of aliphatic hydroxyl groups is 1. The van der Waals surface area contributed by atoms with E-state index in [1.165, 1.54) is 14.2 Å². The fourth-order valence-electron chi connectivity index (χ4n) is 2.70. The molecule has 1 atom stereocenters. The molecule has 23 heavy (non-hydrogen) atoms. The largest absolute Gasteiger partial charge is 0.496 e. The Hall–Kier alpha value is -2.32. The van der Waals surface area contributed by atoms with Crippen LogP contribution in [-0.4, -0.2) is 56.3 Å². The number of β-amino-alcohol motifs (C(OH)–C–C–N with tert-alkyl or cyclic N) is 1. The van der Waals surface area contributed by atoms with E-state index in [1.54, 1.807) is 24.1 Å². The minimum atomic E-state index is -0.809. The number of hydrogen-bond donors (Lipinski definition) is 3. The molecule has 1 aromatic carbocycles. The maximum absolute atomic E-state index is 11.8. The molecule has 3 amide bonds.